The van der Waals surface area contributed by atoms with Gasteiger partial charge in [0.1, 0.15) is 11.8 Å². The first-order valence-electron chi connectivity index (χ1n) is 6.04. The summed E-state index contributed by atoms with van der Waals surface area (Å²) < 4.78 is 0. The normalized spacial score (nSPS) is 14.7. The van der Waals surface area contributed by atoms with Crippen LogP contribution in [0.1, 0.15) is 35.3 Å². The van der Waals surface area contributed by atoms with Crippen LogP contribution in [0.5, 0.6) is 0 Å². The fourth-order valence-corrected chi connectivity index (χ4v) is 1.99. The van der Waals surface area contributed by atoms with E-state index in [1.807, 2.05) is 6.07 Å². The van der Waals surface area contributed by atoms with Gasteiger partial charge in [-0.1, -0.05) is 0 Å². The van der Waals surface area contributed by atoms with Crippen LogP contribution in [0.25, 0.3) is 0 Å². The molecule has 1 aliphatic carbocycles. The number of nitrogens with zero attached hydrogens (tertiary/aromatic N) is 3. The minimum atomic E-state index is -0.168. The lowest BCUT2D eigenvalue weighted by Gasteiger charge is -2.37. The molecule has 5 heteroatoms. The molecule has 18 heavy (non-hydrogen) atoms. The maximum atomic E-state index is 12.2. The molecule has 0 saturated heterocycles. The van der Waals surface area contributed by atoms with Crippen LogP contribution in [0.4, 0.5) is 0 Å². The summed E-state index contributed by atoms with van der Waals surface area (Å²) >= 11 is 0. The topological polar surface area (TPSA) is 77.2 Å². The summed E-state index contributed by atoms with van der Waals surface area (Å²) in [7, 11) is 0. The molecule has 1 fully saturated rings. The molecule has 1 aliphatic rings. The first-order chi connectivity index (χ1) is 8.76. The number of carbonyl (C=O) groups excluding carboxylic acids is 1. The average molecular weight is 245 g/mol. The van der Waals surface area contributed by atoms with Crippen LogP contribution in [0.3, 0.4) is 0 Å². The van der Waals surface area contributed by atoms with E-state index in [-0.39, 0.29) is 18.6 Å². The van der Waals surface area contributed by atoms with E-state index in [1.165, 1.54) is 6.20 Å². The molecule has 1 amide bonds. The highest BCUT2D eigenvalue weighted by Gasteiger charge is 2.29. The van der Waals surface area contributed by atoms with Crippen molar-refractivity contribution in [3.63, 3.8) is 0 Å². The van der Waals surface area contributed by atoms with E-state index in [0.29, 0.717) is 17.8 Å². The zero-order chi connectivity index (χ0) is 13.0. The van der Waals surface area contributed by atoms with Crippen molar-refractivity contribution in [1.29, 1.82) is 5.26 Å². The summed E-state index contributed by atoms with van der Waals surface area (Å²) in [6.07, 6.45) is 4.50. The molecule has 0 bridgehead atoms. The Kier molecular flexibility index (Phi) is 3.90. The number of hydrogen-bond donors (Lipinski definition) is 1. The number of amides is 1. The molecule has 5 nitrogen and oxygen atoms in total. The lowest BCUT2D eigenvalue weighted by molar-refractivity contribution is 0.0520. The van der Waals surface area contributed by atoms with Gasteiger partial charge in [0.2, 0.25) is 0 Å². The minimum Gasteiger partial charge on any atom is -0.395 e. The van der Waals surface area contributed by atoms with Gasteiger partial charge in [-0.25, -0.2) is 4.98 Å². The highest BCUT2D eigenvalue weighted by atomic mass is 16.3. The fraction of sp³-hybridized carbons (Fsp3) is 0.462. The third-order valence-corrected chi connectivity index (χ3v) is 3.23. The second kappa shape index (κ2) is 5.61. The number of pyridine rings is 1. The number of aliphatic hydroxyl groups is 1. The molecule has 0 radical (unpaired) electrons. The molecule has 0 unspecified atom stereocenters. The summed E-state index contributed by atoms with van der Waals surface area (Å²) in [5, 5.41) is 17.7. The Morgan fingerprint density at radius 3 is 2.78 bits per heavy atom. The van der Waals surface area contributed by atoms with Crippen LogP contribution in [-0.2, 0) is 0 Å². The van der Waals surface area contributed by atoms with Crippen molar-refractivity contribution in [2.45, 2.75) is 25.3 Å². The maximum absolute atomic E-state index is 12.2. The average Bonchev–Trinajstić information content (AvgIpc) is 2.35. The number of nitriles is 1. The van der Waals surface area contributed by atoms with Crippen LogP contribution in [0.2, 0.25) is 0 Å². The summed E-state index contributed by atoms with van der Waals surface area (Å²) in [6, 6.07) is 5.33. The predicted molar refractivity (Wildman–Crippen MR) is 64.7 cm³/mol. The molecule has 0 atom stereocenters. The van der Waals surface area contributed by atoms with Crippen molar-refractivity contribution in [3.8, 4) is 6.07 Å². The maximum Gasteiger partial charge on any atom is 0.272 e. The zero-order valence-electron chi connectivity index (χ0n) is 10.0. The van der Waals surface area contributed by atoms with Crippen molar-refractivity contribution >= 4 is 5.91 Å². The lowest BCUT2D eigenvalue weighted by Crippen LogP contribution is -2.45. The Labute approximate surface area is 106 Å². The molecule has 0 spiro atoms. The molecule has 1 aromatic heterocycles. The van der Waals surface area contributed by atoms with Gasteiger partial charge in [-0.15, -0.1) is 0 Å². The Hall–Kier alpha value is -1.93. The molecular formula is C13H15N3O2. The van der Waals surface area contributed by atoms with Crippen LogP contribution in [0, 0.1) is 11.3 Å². The zero-order valence-corrected chi connectivity index (χ0v) is 10.0. The molecule has 1 saturated carbocycles. The van der Waals surface area contributed by atoms with Crippen LogP contribution < -0.4 is 0 Å². The van der Waals surface area contributed by atoms with Crippen molar-refractivity contribution in [2.24, 2.45) is 0 Å². The number of aromatic nitrogens is 1. The first-order valence-corrected chi connectivity index (χ1v) is 6.04. The van der Waals surface area contributed by atoms with Crippen LogP contribution >= 0.6 is 0 Å². The van der Waals surface area contributed by atoms with Crippen LogP contribution in [0.15, 0.2) is 18.3 Å². The summed E-state index contributed by atoms with van der Waals surface area (Å²) in [4.78, 5) is 17.9. The summed E-state index contributed by atoms with van der Waals surface area (Å²) in [6.45, 7) is 0.295. The molecule has 1 N–H and O–H groups in total. The molecule has 94 valence electrons. The molecule has 2 rings (SSSR count). The van der Waals surface area contributed by atoms with Gasteiger partial charge in [0, 0.05) is 18.8 Å². The van der Waals surface area contributed by atoms with Gasteiger partial charge in [-0.2, -0.15) is 5.26 Å². The number of hydrogen-bond acceptors (Lipinski definition) is 4. The fourth-order valence-electron chi connectivity index (χ4n) is 1.99. The molecule has 0 aliphatic heterocycles. The van der Waals surface area contributed by atoms with Crippen LogP contribution in [-0.4, -0.2) is 40.1 Å². The largest absolute Gasteiger partial charge is 0.395 e. The SMILES string of the molecule is N#Cc1ccc(C(=O)N(CCO)C2CCC2)nc1. The van der Waals surface area contributed by atoms with Crippen molar-refractivity contribution in [2.75, 3.05) is 13.2 Å². The summed E-state index contributed by atoms with van der Waals surface area (Å²) in [5.74, 6) is -0.168. The van der Waals surface area contributed by atoms with E-state index in [0.717, 1.165) is 19.3 Å². The second-order valence-electron chi connectivity index (χ2n) is 4.35. The third kappa shape index (κ3) is 2.49. The lowest BCUT2D eigenvalue weighted by atomic mass is 9.91. The molecule has 1 heterocycles. The standard InChI is InChI=1S/C13H15N3O2/c14-8-10-4-5-12(15-9-10)13(18)16(6-7-17)11-2-1-3-11/h4-5,9,11,17H,1-3,6-7H2. The summed E-state index contributed by atoms with van der Waals surface area (Å²) in [5.41, 5.74) is 0.762. The quantitative estimate of drug-likeness (QED) is 0.856. The Balaban J connectivity index is 2.13. The number of rotatable bonds is 4. The first kappa shape index (κ1) is 12.5. The third-order valence-electron chi connectivity index (χ3n) is 3.23. The van der Waals surface area contributed by atoms with Crippen molar-refractivity contribution < 1.29 is 9.90 Å². The highest BCUT2D eigenvalue weighted by molar-refractivity contribution is 5.92. The smallest absolute Gasteiger partial charge is 0.272 e. The van der Waals surface area contributed by atoms with Gasteiger partial charge < -0.3 is 10.0 Å². The molecule has 0 aromatic carbocycles. The number of carbonyl (C=O) groups is 1. The van der Waals surface area contributed by atoms with E-state index < -0.39 is 0 Å². The van der Waals surface area contributed by atoms with Gasteiger partial charge in [0.05, 0.1) is 12.2 Å². The number of aliphatic hydroxyl groups excluding tert-OH is 1. The second-order valence-corrected chi connectivity index (χ2v) is 4.35. The van der Waals surface area contributed by atoms with Crippen molar-refractivity contribution in [1.82, 2.24) is 9.88 Å². The monoisotopic (exact) mass is 245 g/mol. The van der Waals surface area contributed by atoms with Gasteiger partial charge in [-0.3, -0.25) is 4.79 Å². The Morgan fingerprint density at radius 2 is 2.33 bits per heavy atom. The van der Waals surface area contributed by atoms with Crippen molar-refractivity contribution in [3.05, 3.63) is 29.6 Å². The molecular weight excluding hydrogens is 230 g/mol. The van der Waals surface area contributed by atoms with Gasteiger partial charge in [0.15, 0.2) is 0 Å². The molecule has 1 aromatic rings. The van der Waals surface area contributed by atoms with E-state index in [9.17, 15) is 4.79 Å². The minimum absolute atomic E-state index is 0.0431. The van der Waals surface area contributed by atoms with Gasteiger partial charge in [0.25, 0.3) is 5.91 Å². The van der Waals surface area contributed by atoms with Gasteiger partial charge >= 0.3 is 0 Å². The highest BCUT2D eigenvalue weighted by Crippen LogP contribution is 2.25. The van der Waals surface area contributed by atoms with Gasteiger partial charge in [-0.05, 0) is 31.4 Å². The predicted octanol–water partition coefficient (Wildman–Crippen LogP) is 0.940. The van der Waals surface area contributed by atoms with E-state index >= 15 is 0 Å². The Morgan fingerprint density at radius 1 is 1.56 bits per heavy atom. The van der Waals surface area contributed by atoms with E-state index in [1.54, 1.807) is 17.0 Å². The van der Waals surface area contributed by atoms with E-state index in [4.69, 9.17) is 10.4 Å². The van der Waals surface area contributed by atoms with E-state index in [2.05, 4.69) is 4.98 Å². The Bertz CT molecular complexity index is 460.